The van der Waals surface area contributed by atoms with Gasteiger partial charge in [-0.25, -0.2) is 0 Å². The van der Waals surface area contributed by atoms with Crippen molar-refractivity contribution in [2.45, 2.75) is 11.4 Å². The molecular weight excluding hydrogens is 215 g/mol. The Kier molecular flexibility index (Phi) is 1.94. The molecule has 1 rings (SSSR count). The fraction of sp³-hybridized carbons (Fsp3) is 0.333. The molecule has 0 saturated heterocycles. The molecule has 2 heteroatoms. The monoisotopic (exact) mass is 222 g/mol. The summed E-state index contributed by atoms with van der Waals surface area (Å²) in [6.45, 7) is 2.05. The highest BCUT2D eigenvalue weighted by atomic mass is 127. The van der Waals surface area contributed by atoms with E-state index in [1.165, 1.54) is 5.56 Å². The SMILES string of the molecule is Cc1ccoc1CI. The van der Waals surface area contributed by atoms with Crippen molar-refractivity contribution in [3.8, 4) is 0 Å². The third-order valence-electron chi connectivity index (χ3n) is 1.09. The first-order valence-electron chi connectivity index (χ1n) is 2.43. The van der Waals surface area contributed by atoms with Crippen molar-refractivity contribution in [1.82, 2.24) is 0 Å². The predicted molar refractivity (Wildman–Crippen MR) is 41.2 cm³/mol. The Balaban J connectivity index is 2.92. The van der Waals surface area contributed by atoms with Crippen molar-refractivity contribution < 1.29 is 4.42 Å². The van der Waals surface area contributed by atoms with E-state index in [0.29, 0.717) is 0 Å². The molecule has 44 valence electrons. The molecule has 8 heavy (non-hydrogen) atoms. The number of hydrogen-bond acceptors (Lipinski definition) is 1. The van der Waals surface area contributed by atoms with E-state index in [-0.39, 0.29) is 0 Å². The van der Waals surface area contributed by atoms with Gasteiger partial charge in [-0.05, 0) is 18.6 Å². The summed E-state index contributed by atoms with van der Waals surface area (Å²) in [7, 11) is 0. The second kappa shape index (κ2) is 2.53. The van der Waals surface area contributed by atoms with Gasteiger partial charge in [0.15, 0.2) is 0 Å². The number of rotatable bonds is 1. The van der Waals surface area contributed by atoms with Gasteiger partial charge >= 0.3 is 0 Å². The van der Waals surface area contributed by atoms with Crippen LogP contribution < -0.4 is 0 Å². The van der Waals surface area contributed by atoms with Gasteiger partial charge in [0.2, 0.25) is 0 Å². The van der Waals surface area contributed by atoms with Crippen LogP contribution in [0.5, 0.6) is 0 Å². The van der Waals surface area contributed by atoms with Crippen LogP contribution in [-0.4, -0.2) is 0 Å². The molecule has 0 N–H and O–H groups in total. The van der Waals surface area contributed by atoms with Crippen molar-refractivity contribution in [3.05, 3.63) is 23.7 Å². The Labute approximate surface area is 62.2 Å². The van der Waals surface area contributed by atoms with Crippen molar-refractivity contribution in [1.29, 1.82) is 0 Å². The molecule has 0 fully saturated rings. The van der Waals surface area contributed by atoms with Crippen molar-refractivity contribution in [2.24, 2.45) is 0 Å². The Hall–Kier alpha value is 0.01000. The first-order chi connectivity index (χ1) is 3.84. The van der Waals surface area contributed by atoms with Crippen LogP contribution in [0.2, 0.25) is 0 Å². The van der Waals surface area contributed by atoms with Gasteiger partial charge in [-0.15, -0.1) is 0 Å². The number of furan rings is 1. The molecule has 0 bridgehead atoms. The van der Waals surface area contributed by atoms with E-state index in [2.05, 4.69) is 29.5 Å². The fourth-order valence-electron chi connectivity index (χ4n) is 0.541. The smallest absolute Gasteiger partial charge is 0.116 e. The van der Waals surface area contributed by atoms with Crippen LogP contribution in [0.25, 0.3) is 0 Å². The van der Waals surface area contributed by atoms with Gasteiger partial charge in [0.25, 0.3) is 0 Å². The third kappa shape index (κ3) is 1.05. The van der Waals surface area contributed by atoms with E-state index >= 15 is 0 Å². The Morgan fingerprint density at radius 1 is 1.75 bits per heavy atom. The number of hydrogen-bond donors (Lipinski definition) is 0. The lowest BCUT2D eigenvalue weighted by molar-refractivity contribution is 0.530. The highest BCUT2D eigenvalue weighted by molar-refractivity contribution is 14.1. The highest BCUT2D eigenvalue weighted by Gasteiger charge is 1.95. The summed E-state index contributed by atoms with van der Waals surface area (Å²) in [4.78, 5) is 0. The molecule has 0 unspecified atom stereocenters. The molecular formula is C6H7IO. The minimum absolute atomic E-state index is 0.969. The van der Waals surface area contributed by atoms with Gasteiger partial charge in [0.05, 0.1) is 10.7 Å². The predicted octanol–water partition coefficient (Wildman–Crippen LogP) is 2.52. The largest absolute Gasteiger partial charge is 0.468 e. The van der Waals surface area contributed by atoms with Gasteiger partial charge in [0.1, 0.15) is 5.76 Å². The first kappa shape index (κ1) is 6.13. The zero-order valence-electron chi connectivity index (χ0n) is 4.65. The van der Waals surface area contributed by atoms with Crippen molar-refractivity contribution in [2.75, 3.05) is 0 Å². The van der Waals surface area contributed by atoms with E-state index < -0.39 is 0 Å². The van der Waals surface area contributed by atoms with Crippen LogP contribution in [-0.2, 0) is 4.43 Å². The Morgan fingerprint density at radius 2 is 2.50 bits per heavy atom. The van der Waals surface area contributed by atoms with E-state index in [4.69, 9.17) is 4.42 Å². The van der Waals surface area contributed by atoms with E-state index in [9.17, 15) is 0 Å². The molecule has 0 radical (unpaired) electrons. The van der Waals surface area contributed by atoms with Crippen molar-refractivity contribution >= 4 is 22.6 Å². The van der Waals surface area contributed by atoms with Crippen LogP contribution in [0, 0.1) is 6.92 Å². The van der Waals surface area contributed by atoms with Crippen LogP contribution in [0.15, 0.2) is 16.7 Å². The third-order valence-corrected chi connectivity index (χ3v) is 1.78. The summed E-state index contributed by atoms with van der Waals surface area (Å²) in [5.41, 5.74) is 1.25. The Bertz CT molecular complexity index is 169. The molecule has 1 heterocycles. The number of alkyl halides is 1. The average molecular weight is 222 g/mol. The zero-order valence-corrected chi connectivity index (χ0v) is 6.81. The molecule has 0 aliphatic rings. The fourth-order valence-corrected chi connectivity index (χ4v) is 1.32. The number of halogens is 1. The summed E-state index contributed by atoms with van der Waals surface area (Å²) in [6.07, 6.45) is 1.73. The second-order valence-electron chi connectivity index (χ2n) is 1.66. The standard InChI is InChI=1S/C6H7IO/c1-5-2-3-8-6(5)4-7/h2-3H,4H2,1H3. The topological polar surface area (TPSA) is 13.1 Å². The molecule has 1 nitrogen and oxygen atoms in total. The second-order valence-corrected chi connectivity index (χ2v) is 2.42. The molecule has 0 atom stereocenters. The maximum Gasteiger partial charge on any atom is 0.116 e. The first-order valence-corrected chi connectivity index (χ1v) is 3.96. The van der Waals surface area contributed by atoms with Gasteiger partial charge in [-0.1, -0.05) is 22.6 Å². The average Bonchev–Trinajstić information content (AvgIpc) is 2.14. The van der Waals surface area contributed by atoms with E-state index in [0.717, 1.165) is 10.2 Å². The van der Waals surface area contributed by atoms with E-state index in [1.54, 1.807) is 6.26 Å². The van der Waals surface area contributed by atoms with Crippen LogP contribution in [0.1, 0.15) is 11.3 Å². The zero-order chi connectivity index (χ0) is 5.98. The molecule has 0 aliphatic carbocycles. The maximum absolute atomic E-state index is 5.11. The van der Waals surface area contributed by atoms with E-state index in [1.807, 2.05) is 6.07 Å². The summed E-state index contributed by atoms with van der Waals surface area (Å²) in [5.74, 6) is 1.09. The van der Waals surface area contributed by atoms with Crippen molar-refractivity contribution in [3.63, 3.8) is 0 Å². The van der Waals surface area contributed by atoms with Gasteiger partial charge in [-0.3, -0.25) is 0 Å². The van der Waals surface area contributed by atoms with Gasteiger partial charge in [-0.2, -0.15) is 0 Å². The summed E-state index contributed by atoms with van der Waals surface area (Å²) < 4.78 is 6.07. The molecule has 0 saturated carbocycles. The highest BCUT2D eigenvalue weighted by Crippen LogP contribution is 2.11. The van der Waals surface area contributed by atoms with Gasteiger partial charge in [0, 0.05) is 0 Å². The van der Waals surface area contributed by atoms with Crippen LogP contribution >= 0.6 is 22.6 Å². The minimum atomic E-state index is 0.969. The molecule has 1 aromatic rings. The molecule has 0 amide bonds. The molecule has 0 spiro atoms. The minimum Gasteiger partial charge on any atom is -0.468 e. The molecule has 0 aliphatic heterocycles. The Morgan fingerprint density at radius 3 is 2.75 bits per heavy atom. The lowest BCUT2D eigenvalue weighted by Gasteiger charge is -1.85. The molecule has 1 aromatic heterocycles. The van der Waals surface area contributed by atoms with Crippen LogP contribution in [0.4, 0.5) is 0 Å². The maximum atomic E-state index is 5.11. The number of aryl methyl sites for hydroxylation is 1. The summed E-state index contributed by atoms with van der Waals surface area (Å²) in [6, 6.07) is 1.98. The lowest BCUT2D eigenvalue weighted by atomic mass is 10.3. The summed E-state index contributed by atoms with van der Waals surface area (Å²) >= 11 is 2.28. The van der Waals surface area contributed by atoms with Crippen LogP contribution in [0.3, 0.4) is 0 Å². The van der Waals surface area contributed by atoms with Gasteiger partial charge < -0.3 is 4.42 Å². The summed E-state index contributed by atoms with van der Waals surface area (Å²) in [5, 5.41) is 0. The normalized spacial score (nSPS) is 9.75. The quantitative estimate of drug-likeness (QED) is 0.525. The molecule has 0 aromatic carbocycles. The lowest BCUT2D eigenvalue weighted by Crippen LogP contribution is -1.71.